The van der Waals surface area contributed by atoms with Crippen molar-refractivity contribution < 1.29 is 19.1 Å². The molecule has 1 fully saturated rings. The van der Waals surface area contributed by atoms with E-state index in [4.69, 9.17) is 12.2 Å². The first-order valence-corrected chi connectivity index (χ1v) is 10.2. The van der Waals surface area contributed by atoms with Crippen molar-refractivity contribution in [2.75, 3.05) is 24.6 Å². The summed E-state index contributed by atoms with van der Waals surface area (Å²) in [6.45, 7) is 0.106. The Balaban J connectivity index is 1.68. The lowest BCUT2D eigenvalue weighted by atomic mass is 10.2. The summed E-state index contributed by atoms with van der Waals surface area (Å²) in [7, 11) is 0. The molecule has 3 rings (SSSR count). The van der Waals surface area contributed by atoms with Gasteiger partial charge in [-0.1, -0.05) is 60.4 Å². The zero-order valence-corrected chi connectivity index (χ0v) is 17.1. The predicted molar refractivity (Wildman–Crippen MR) is 117 cm³/mol. The summed E-state index contributed by atoms with van der Waals surface area (Å²) in [6, 6.07) is 15.2. The van der Waals surface area contributed by atoms with Crippen LogP contribution in [0, 0.1) is 5.82 Å². The number of aliphatic hydroxyl groups excluding tert-OH is 1. The van der Waals surface area contributed by atoms with Crippen LogP contribution in [0.5, 0.6) is 0 Å². The van der Waals surface area contributed by atoms with Crippen molar-refractivity contribution in [1.82, 2.24) is 4.90 Å². The van der Waals surface area contributed by atoms with Gasteiger partial charge in [-0.25, -0.2) is 4.39 Å². The van der Waals surface area contributed by atoms with E-state index in [0.29, 0.717) is 20.5 Å². The van der Waals surface area contributed by atoms with E-state index < -0.39 is 5.82 Å². The van der Waals surface area contributed by atoms with Gasteiger partial charge in [-0.05, 0) is 24.3 Å². The zero-order chi connectivity index (χ0) is 20.8. The Morgan fingerprint density at radius 1 is 1.17 bits per heavy atom. The smallest absolute Gasteiger partial charge is 0.266 e. The van der Waals surface area contributed by atoms with E-state index in [0.717, 1.165) is 11.8 Å². The molecular formula is C21H19FN2O3S2. The lowest BCUT2D eigenvalue weighted by molar-refractivity contribution is -0.123. The number of thiocarbonyl (C=S) groups is 1. The van der Waals surface area contributed by atoms with Crippen molar-refractivity contribution in [1.29, 1.82) is 0 Å². The Hall–Kier alpha value is -2.55. The zero-order valence-electron chi connectivity index (χ0n) is 15.5. The molecule has 0 unspecified atom stereocenters. The molecule has 5 nitrogen and oxygen atoms in total. The van der Waals surface area contributed by atoms with E-state index in [-0.39, 0.29) is 37.9 Å². The average molecular weight is 431 g/mol. The van der Waals surface area contributed by atoms with Crippen molar-refractivity contribution in [2.45, 2.75) is 6.42 Å². The predicted octanol–water partition coefficient (Wildman–Crippen LogP) is 3.44. The minimum absolute atomic E-state index is 0.0499. The van der Waals surface area contributed by atoms with E-state index >= 15 is 0 Å². The Kier molecular flexibility index (Phi) is 7.13. The van der Waals surface area contributed by atoms with Crippen LogP contribution in [0.3, 0.4) is 0 Å². The number of amides is 2. The van der Waals surface area contributed by atoms with Crippen LogP contribution in [0.1, 0.15) is 12.0 Å². The Bertz CT molecular complexity index is 950. The van der Waals surface area contributed by atoms with E-state index in [1.165, 1.54) is 21.9 Å². The molecule has 0 radical (unpaired) electrons. The van der Waals surface area contributed by atoms with Crippen LogP contribution >= 0.6 is 24.0 Å². The van der Waals surface area contributed by atoms with Crippen molar-refractivity contribution in [3.8, 4) is 0 Å². The lowest BCUT2D eigenvalue weighted by Gasteiger charge is -2.23. The minimum atomic E-state index is -0.421. The number of rotatable bonds is 7. The number of carbonyl (C=O) groups excluding carboxylic acids is 2. The van der Waals surface area contributed by atoms with Gasteiger partial charge in [0.1, 0.15) is 10.1 Å². The highest BCUT2D eigenvalue weighted by Gasteiger charge is 2.32. The van der Waals surface area contributed by atoms with Crippen LogP contribution in [0.2, 0.25) is 0 Å². The van der Waals surface area contributed by atoms with Gasteiger partial charge in [0.25, 0.3) is 5.91 Å². The Morgan fingerprint density at radius 3 is 2.55 bits per heavy atom. The fourth-order valence-electron chi connectivity index (χ4n) is 2.87. The molecule has 1 heterocycles. The van der Waals surface area contributed by atoms with Crippen LogP contribution in [-0.2, 0) is 9.59 Å². The van der Waals surface area contributed by atoms with E-state index in [1.54, 1.807) is 30.3 Å². The van der Waals surface area contributed by atoms with Gasteiger partial charge < -0.3 is 10.0 Å². The lowest BCUT2D eigenvalue weighted by Crippen LogP contribution is -2.37. The molecule has 0 aromatic heterocycles. The molecule has 150 valence electrons. The van der Waals surface area contributed by atoms with E-state index in [2.05, 4.69) is 0 Å². The Morgan fingerprint density at radius 2 is 1.86 bits per heavy atom. The molecule has 1 N–H and O–H groups in total. The molecule has 0 saturated carbocycles. The number of thioether (sulfide) groups is 1. The second-order valence-corrected chi connectivity index (χ2v) is 7.89. The summed E-state index contributed by atoms with van der Waals surface area (Å²) in [5.41, 5.74) is 0.985. The fraction of sp³-hybridized carbons (Fsp3) is 0.190. The van der Waals surface area contributed by atoms with Gasteiger partial charge in [0, 0.05) is 30.8 Å². The number of para-hydroxylation sites is 1. The average Bonchev–Trinajstić information content (AvgIpc) is 2.99. The molecule has 2 amide bonds. The van der Waals surface area contributed by atoms with E-state index in [1.807, 2.05) is 18.2 Å². The van der Waals surface area contributed by atoms with Gasteiger partial charge in [0.05, 0.1) is 11.5 Å². The summed E-state index contributed by atoms with van der Waals surface area (Å²) in [5, 5.41) is 9.29. The molecule has 2 aromatic carbocycles. The molecule has 1 saturated heterocycles. The maximum absolute atomic E-state index is 13.9. The van der Waals surface area contributed by atoms with Crippen LogP contribution in [0.15, 0.2) is 59.5 Å². The molecule has 0 bridgehead atoms. The second-order valence-electron chi connectivity index (χ2n) is 6.21. The fourth-order valence-corrected chi connectivity index (χ4v) is 4.17. The summed E-state index contributed by atoms with van der Waals surface area (Å²) in [4.78, 5) is 28.5. The van der Waals surface area contributed by atoms with Crippen LogP contribution in [0.4, 0.5) is 10.1 Å². The van der Waals surface area contributed by atoms with Gasteiger partial charge in [-0.3, -0.25) is 14.5 Å². The quantitative estimate of drug-likeness (QED) is 0.539. The standard InChI is InChI=1S/C21H19FN2O3S2/c22-17-9-5-4-6-15(17)14-18-20(27)24(21(28)29-18)11-10-19(26)23(12-13-25)16-7-2-1-3-8-16/h1-9,14,25H,10-13H2/b18-14+. The largest absolute Gasteiger partial charge is 0.395 e. The summed E-state index contributed by atoms with van der Waals surface area (Å²) < 4.78 is 14.2. The number of carbonyl (C=O) groups is 2. The summed E-state index contributed by atoms with van der Waals surface area (Å²) >= 11 is 6.36. The molecular weight excluding hydrogens is 411 g/mol. The van der Waals surface area contributed by atoms with Crippen molar-refractivity contribution in [3.05, 3.63) is 70.9 Å². The monoisotopic (exact) mass is 430 g/mol. The minimum Gasteiger partial charge on any atom is -0.395 e. The van der Waals surface area contributed by atoms with Crippen molar-refractivity contribution >= 4 is 51.9 Å². The topological polar surface area (TPSA) is 60.9 Å². The second kappa shape index (κ2) is 9.78. The van der Waals surface area contributed by atoms with Crippen molar-refractivity contribution in [3.63, 3.8) is 0 Å². The summed E-state index contributed by atoms with van der Waals surface area (Å²) in [5.74, 6) is -0.989. The van der Waals surface area contributed by atoms with Gasteiger partial charge in [-0.2, -0.15) is 0 Å². The molecule has 8 heteroatoms. The first kappa shape index (κ1) is 21.2. The number of aliphatic hydroxyl groups is 1. The van der Waals surface area contributed by atoms with Crippen molar-refractivity contribution in [2.24, 2.45) is 0 Å². The molecule has 29 heavy (non-hydrogen) atoms. The van der Waals surface area contributed by atoms with Gasteiger partial charge >= 0.3 is 0 Å². The third-order valence-corrected chi connectivity index (χ3v) is 5.68. The Labute approximate surface area is 177 Å². The maximum Gasteiger partial charge on any atom is 0.266 e. The van der Waals surface area contributed by atoms with Crippen LogP contribution in [0.25, 0.3) is 6.08 Å². The molecule has 2 aromatic rings. The molecule has 1 aliphatic rings. The normalized spacial score (nSPS) is 15.2. The van der Waals surface area contributed by atoms with Gasteiger partial charge in [0.15, 0.2) is 0 Å². The highest BCUT2D eigenvalue weighted by atomic mass is 32.2. The number of hydrogen-bond acceptors (Lipinski definition) is 5. The summed E-state index contributed by atoms with van der Waals surface area (Å²) in [6.07, 6.45) is 1.52. The first-order valence-electron chi connectivity index (χ1n) is 8.97. The van der Waals surface area contributed by atoms with Crippen LogP contribution in [-0.4, -0.2) is 45.8 Å². The molecule has 0 spiro atoms. The van der Waals surface area contributed by atoms with E-state index in [9.17, 15) is 19.1 Å². The molecule has 0 aliphatic carbocycles. The number of halogens is 1. The third kappa shape index (κ3) is 5.09. The SMILES string of the molecule is O=C1/C(=C\c2ccccc2F)SC(=S)N1CCC(=O)N(CCO)c1ccccc1. The third-order valence-electron chi connectivity index (χ3n) is 4.31. The maximum atomic E-state index is 13.9. The van der Waals surface area contributed by atoms with Gasteiger partial charge in [-0.15, -0.1) is 0 Å². The number of anilines is 1. The molecule has 1 aliphatic heterocycles. The highest BCUT2D eigenvalue weighted by Crippen LogP contribution is 2.33. The number of benzene rings is 2. The van der Waals surface area contributed by atoms with Gasteiger partial charge in [0.2, 0.25) is 5.91 Å². The number of hydrogen-bond donors (Lipinski definition) is 1. The van der Waals surface area contributed by atoms with Crippen LogP contribution < -0.4 is 4.90 Å². The molecule has 0 atom stereocenters. The number of nitrogens with zero attached hydrogens (tertiary/aromatic N) is 2. The highest BCUT2D eigenvalue weighted by molar-refractivity contribution is 8.26. The first-order chi connectivity index (χ1) is 14.0.